The molecule has 0 bridgehead atoms. The highest BCUT2D eigenvalue weighted by molar-refractivity contribution is 6.03. The van der Waals surface area contributed by atoms with Crippen molar-refractivity contribution < 1.29 is 18.7 Å². The van der Waals surface area contributed by atoms with Crippen LogP contribution in [-0.2, 0) is 6.54 Å². The van der Waals surface area contributed by atoms with Crippen LogP contribution in [0.5, 0.6) is 11.5 Å². The van der Waals surface area contributed by atoms with Crippen LogP contribution in [0.1, 0.15) is 16.1 Å². The minimum absolute atomic E-state index is 0.169. The third kappa shape index (κ3) is 3.95. The number of hydrogen-bond acceptors (Lipinski definition) is 6. The van der Waals surface area contributed by atoms with Gasteiger partial charge in [-0.15, -0.1) is 0 Å². The van der Waals surface area contributed by atoms with Crippen LogP contribution < -0.4 is 20.1 Å². The van der Waals surface area contributed by atoms with Crippen molar-refractivity contribution in [3.63, 3.8) is 0 Å². The SMILES string of the molecule is O=C(Nc1cccc(F)c1)c1cc(NCc2ccc3c(c2)OCO3)ncn1. The predicted molar refractivity (Wildman–Crippen MR) is 96.3 cm³/mol. The van der Waals surface area contributed by atoms with Gasteiger partial charge in [0.2, 0.25) is 6.79 Å². The number of carbonyl (C=O) groups excluding carboxylic acids is 1. The molecule has 8 heteroatoms. The normalized spacial score (nSPS) is 11.9. The van der Waals surface area contributed by atoms with Gasteiger partial charge in [0.05, 0.1) is 0 Å². The van der Waals surface area contributed by atoms with Gasteiger partial charge in [-0.05, 0) is 35.9 Å². The first-order valence-electron chi connectivity index (χ1n) is 8.19. The maximum absolute atomic E-state index is 13.2. The minimum Gasteiger partial charge on any atom is -0.454 e. The Balaban J connectivity index is 1.42. The lowest BCUT2D eigenvalue weighted by atomic mass is 10.2. The number of nitrogens with zero attached hydrogens (tertiary/aromatic N) is 2. The predicted octanol–water partition coefficient (Wildman–Crippen LogP) is 3.21. The second-order valence-electron chi connectivity index (χ2n) is 5.79. The van der Waals surface area contributed by atoms with Crippen molar-refractivity contribution in [3.05, 3.63) is 71.9 Å². The van der Waals surface area contributed by atoms with Crippen LogP contribution >= 0.6 is 0 Å². The van der Waals surface area contributed by atoms with E-state index in [1.54, 1.807) is 6.07 Å². The fourth-order valence-electron chi connectivity index (χ4n) is 2.58. The maximum atomic E-state index is 13.2. The largest absolute Gasteiger partial charge is 0.454 e. The summed E-state index contributed by atoms with van der Waals surface area (Å²) >= 11 is 0. The Morgan fingerprint density at radius 2 is 1.96 bits per heavy atom. The molecule has 0 radical (unpaired) electrons. The molecule has 2 heterocycles. The van der Waals surface area contributed by atoms with Crippen LogP contribution in [0.15, 0.2) is 54.9 Å². The molecule has 7 nitrogen and oxygen atoms in total. The standard InChI is InChI=1S/C19H15FN4O3/c20-13-2-1-3-14(7-13)24-19(25)15-8-18(23-10-22-15)21-9-12-4-5-16-17(6-12)27-11-26-16/h1-8,10H,9,11H2,(H,24,25)(H,21,22,23). The summed E-state index contributed by atoms with van der Waals surface area (Å²) in [6.45, 7) is 0.709. The van der Waals surface area contributed by atoms with Crippen molar-refractivity contribution in [1.82, 2.24) is 9.97 Å². The zero-order chi connectivity index (χ0) is 18.6. The number of amides is 1. The summed E-state index contributed by atoms with van der Waals surface area (Å²) in [7, 11) is 0. The van der Waals surface area contributed by atoms with E-state index in [9.17, 15) is 9.18 Å². The number of aromatic nitrogens is 2. The number of rotatable bonds is 5. The first-order valence-corrected chi connectivity index (χ1v) is 8.19. The van der Waals surface area contributed by atoms with Gasteiger partial charge in [-0.1, -0.05) is 12.1 Å². The Labute approximate surface area is 154 Å². The summed E-state index contributed by atoms with van der Waals surface area (Å²) in [6, 6.07) is 12.8. The Bertz CT molecular complexity index is 996. The van der Waals surface area contributed by atoms with E-state index in [4.69, 9.17) is 9.47 Å². The summed E-state index contributed by atoms with van der Waals surface area (Å²) in [4.78, 5) is 20.4. The number of benzene rings is 2. The fraction of sp³-hybridized carbons (Fsp3) is 0.105. The lowest BCUT2D eigenvalue weighted by Crippen LogP contribution is -2.14. The number of fused-ring (bicyclic) bond motifs is 1. The van der Waals surface area contributed by atoms with E-state index < -0.39 is 11.7 Å². The zero-order valence-electron chi connectivity index (χ0n) is 14.1. The molecule has 1 aromatic heterocycles. The molecule has 27 heavy (non-hydrogen) atoms. The lowest BCUT2D eigenvalue weighted by molar-refractivity contribution is 0.102. The summed E-state index contributed by atoms with van der Waals surface area (Å²) in [5, 5.41) is 5.73. The van der Waals surface area contributed by atoms with Gasteiger partial charge in [0.15, 0.2) is 11.5 Å². The van der Waals surface area contributed by atoms with Crippen molar-refractivity contribution >= 4 is 17.4 Å². The van der Waals surface area contributed by atoms with E-state index in [0.29, 0.717) is 23.8 Å². The molecular weight excluding hydrogens is 351 g/mol. The van der Waals surface area contributed by atoms with Crippen LogP contribution in [-0.4, -0.2) is 22.7 Å². The van der Waals surface area contributed by atoms with Crippen LogP contribution in [0, 0.1) is 5.82 Å². The first kappa shape index (κ1) is 16.8. The van der Waals surface area contributed by atoms with Crippen molar-refractivity contribution in [2.45, 2.75) is 6.54 Å². The molecule has 1 aliphatic heterocycles. The molecule has 0 saturated heterocycles. The van der Waals surface area contributed by atoms with Gasteiger partial charge in [0, 0.05) is 18.3 Å². The third-order valence-corrected chi connectivity index (χ3v) is 3.89. The monoisotopic (exact) mass is 366 g/mol. The highest BCUT2D eigenvalue weighted by Crippen LogP contribution is 2.32. The number of anilines is 2. The maximum Gasteiger partial charge on any atom is 0.274 e. The molecule has 0 unspecified atom stereocenters. The number of hydrogen-bond donors (Lipinski definition) is 2. The van der Waals surface area contributed by atoms with Crippen molar-refractivity contribution in [2.75, 3.05) is 17.4 Å². The number of ether oxygens (including phenoxy) is 2. The Kier molecular flexibility index (Phi) is 4.52. The van der Waals surface area contributed by atoms with E-state index in [1.165, 1.54) is 30.6 Å². The number of nitrogens with one attached hydrogen (secondary N) is 2. The molecule has 0 saturated carbocycles. The number of carbonyl (C=O) groups is 1. The van der Waals surface area contributed by atoms with E-state index in [-0.39, 0.29) is 12.5 Å². The molecule has 1 amide bonds. The van der Waals surface area contributed by atoms with Gasteiger partial charge < -0.3 is 20.1 Å². The summed E-state index contributed by atoms with van der Waals surface area (Å²) in [5.74, 6) is 1.03. The molecular formula is C19H15FN4O3. The summed E-state index contributed by atoms with van der Waals surface area (Å²) < 4.78 is 23.9. The number of halogens is 1. The van der Waals surface area contributed by atoms with Gasteiger partial charge in [-0.25, -0.2) is 14.4 Å². The average molecular weight is 366 g/mol. The minimum atomic E-state index is -0.450. The quantitative estimate of drug-likeness (QED) is 0.721. The molecule has 0 spiro atoms. The van der Waals surface area contributed by atoms with E-state index in [1.807, 2.05) is 18.2 Å². The Hall–Kier alpha value is -3.68. The molecule has 0 atom stereocenters. The van der Waals surface area contributed by atoms with Crippen molar-refractivity contribution in [1.29, 1.82) is 0 Å². The summed E-state index contributed by atoms with van der Waals surface area (Å²) in [6.07, 6.45) is 1.29. The van der Waals surface area contributed by atoms with E-state index in [0.717, 1.165) is 11.3 Å². The molecule has 4 rings (SSSR count). The van der Waals surface area contributed by atoms with Crippen LogP contribution in [0.3, 0.4) is 0 Å². The van der Waals surface area contributed by atoms with Crippen LogP contribution in [0.4, 0.5) is 15.9 Å². The van der Waals surface area contributed by atoms with Gasteiger partial charge in [-0.2, -0.15) is 0 Å². The molecule has 1 aliphatic rings. The molecule has 3 aromatic rings. The second-order valence-corrected chi connectivity index (χ2v) is 5.79. The zero-order valence-corrected chi connectivity index (χ0v) is 14.1. The highest BCUT2D eigenvalue weighted by atomic mass is 19.1. The van der Waals surface area contributed by atoms with Gasteiger partial charge in [0.1, 0.15) is 23.7 Å². The van der Waals surface area contributed by atoms with Gasteiger partial charge in [-0.3, -0.25) is 4.79 Å². The van der Waals surface area contributed by atoms with Gasteiger partial charge in [0.25, 0.3) is 5.91 Å². The van der Waals surface area contributed by atoms with Crippen molar-refractivity contribution in [2.24, 2.45) is 0 Å². The molecule has 0 fully saturated rings. The Morgan fingerprint density at radius 1 is 1.07 bits per heavy atom. The smallest absolute Gasteiger partial charge is 0.274 e. The molecule has 136 valence electrons. The highest BCUT2D eigenvalue weighted by Gasteiger charge is 2.13. The second kappa shape index (κ2) is 7.28. The van der Waals surface area contributed by atoms with Gasteiger partial charge >= 0.3 is 0 Å². The summed E-state index contributed by atoms with van der Waals surface area (Å²) in [5.41, 5.74) is 1.50. The molecule has 2 N–H and O–H groups in total. The topological polar surface area (TPSA) is 85.4 Å². The first-order chi connectivity index (χ1) is 13.2. The van der Waals surface area contributed by atoms with Crippen LogP contribution in [0.25, 0.3) is 0 Å². The fourth-order valence-corrected chi connectivity index (χ4v) is 2.58. The van der Waals surface area contributed by atoms with Crippen molar-refractivity contribution in [3.8, 4) is 11.5 Å². The van der Waals surface area contributed by atoms with Crippen LogP contribution in [0.2, 0.25) is 0 Å². The molecule has 0 aliphatic carbocycles. The average Bonchev–Trinajstić information content (AvgIpc) is 3.14. The molecule has 2 aromatic carbocycles. The van der Waals surface area contributed by atoms with E-state index >= 15 is 0 Å². The Morgan fingerprint density at radius 3 is 2.85 bits per heavy atom. The van der Waals surface area contributed by atoms with E-state index in [2.05, 4.69) is 20.6 Å². The third-order valence-electron chi connectivity index (χ3n) is 3.89. The lowest BCUT2D eigenvalue weighted by Gasteiger charge is -2.08.